The molecule has 2 heteroatoms. The summed E-state index contributed by atoms with van der Waals surface area (Å²) in [5.74, 6) is 0. The van der Waals surface area contributed by atoms with Crippen molar-refractivity contribution < 1.29 is 0 Å². The Morgan fingerprint density at radius 2 is 2.00 bits per heavy atom. The van der Waals surface area contributed by atoms with Crippen LogP contribution in [0.5, 0.6) is 0 Å². The quantitative estimate of drug-likeness (QED) is 0.776. The second-order valence-corrected chi connectivity index (χ2v) is 5.98. The summed E-state index contributed by atoms with van der Waals surface area (Å²) in [7, 11) is 0. The minimum atomic E-state index is 0.369. The van der Waals surface area contributed by atoms with Crippen molar-refractivity contribution in [1.29, 1.82) is 0 Å². The number of hydrogen-bond acceptors (Lipinski definition) is 2. The average Bonchev–Trinajstić information content (AvgIpc) is 2.27. The van der Waals surface area contributed by atoms with Crippen molar-refractivity contribution in [3.8, 4) is 0 Å². The van der Waals surface area contributed by atoms with Crippen molar-refractivity contribution in [2.45, 2.75) is 58.9 Å². The molecule has 1 aliphatic rings. The third-order valence-corrected chi connectivity index (χ3v) is 3.57. The van der Waals surface area contributed by atoms with E-state index in [9.17, 15) is 0 Å². The Kier molecular flexibility index (Phi) is 5.07. The summed E-state index contributed by atoms with van der Waals surface area (Å²) in [6, 6.07) is 0.369. The van der Waals surface area contributed by atoms with Crippen LogP contribution in [0.1, 0.15) is 52.9 Å². The molecule has 0 spiro atoms. The van der Waals surface area contributed by atoms with E-state index in [2.05, 4.69) is 25.7 Å². The molecular weight excluding hydrogens is 184 g/mol. The lowest BCUT2D eigenvalue weighted by molar-refractivity contribution is 0.256. The van der Waals surface area contributed by atoms with Crippen LogP contribution < -0.4 is 5.73 Å². The van der Waals surface area contributed by atoms with Gasteiger partial charge >= 0.3 is 0 Å². The Morgan fingerprint density at radius 3 is 2.67 bits per heavy atom. The second kappa shape index (κ2) is 5.86. The van der Waals surface area contributed by atoms with Crippen molar-refractivity contribution in [2.24, 2.45) is 11.1 Å². The summed E-state index contributed by atoms with van der Waals surface area (Å²) >= 11 is 0. The van der Waals surface area contributed by atoms with Crippen LogP contribution >= 0.6 is 0 Å². The Hall–Kier alpha value is -0.0800. The lowest BCUT2D eigenvalue weighted by atomic mass is 9.85. The van der Waals surface area contributed by atoms with Gasteiger partial charge in [0.1, 0.15) is 0 Å². The van der Waals surface area contributed by atoms with E-state index in [1.807, 2.05) is 0 Å². The Labute approximate surface area is 95.2 Å². The Morgan fingerprint density at radius 1 is 1.27 bits per heavy atom. The van der Waals surface area contributed by atoms with Crippen molar-refractivity contribution >= 4 is 0 Å². The minimum absolute atomic E-state index is 0.369. The molecule has 1 aliphatic heterocycles. The van der Waals surface area contributed by atoms with Gasteiger partial charge in [-0.1, -0.05) is 13.8 Å². The van der Waals surface area contributed by atoms with E-state index in [-0.39, 0.29) is 0 Å². The molecule has 15 heavy (non-hydrogen) atoms. The molecule has 1 atom stereocenters. The second-order valence-electron chi connectivity index (χ2n) is 5.98. The SMILES string of the molecule is CC(N)CCCN1CCCC(C)(C)CC1. The van der Waals surface area contributed by atoms with E-state index >= 15 is 0 Å². The molecule has 0 bridgehead atoms. The molecule has 1 fully saturated rings. The van der Waals surface area contributed by atoms with Crippen LogP contribution in [0.3, 0.4) is 0 Å². The highest BCUT2D eigenvalue weighted by Gasteiger charge is 2.22. The summed E-state index contributed by atoms with van der Waals surface area (Å²) in [5, 5.41) is 0. The van der Waals surface area contributed by atoms with Crippen molar-refractivity contribution in [3.05, 3.63) is 0 Å². The van der Waals surface area contributed by atoms with Gasteiger partial charge in [0.2, 0.25) is 0 Å². The number of hydrogen-bond donors (Lipinski definition) is 1. The van der Waals surface area contributed by atoms with Crippen LogP contribution in [-0.2, 0) is 0 Å². The molecule has 1 unspecified atom stereocenters. The Bertz CT molecular complexity index is 175. The third-order valence-electron chi connectivity index (χ3n) is 3.57. The monoisotopic (exact) mass is 212 g/mol. The largest absolute Gasteiger partial charge is 0.328 e. The van der Waals surface area contributed by atoms with Gasteiger partial charge in [-0.25, -0.2) is 0 Å². The molecule has 1 heterocycles. The number of nitrogens with two attached hydrogens (primary N) is 1. The fourth-order valence-electron chi connectivity index (χ4n) is 2.34. The minimum Gasteiger partial charge on any atom is -0.328 e. The van der Waals surface area contributed by atoms with Crippen LogP contribution in [-0.4, -0.2) is 30.6 Å². The first-order chi connectivity index (χ1) is 6.99. The maximum absolute atomic E-state index is 5.76. The highest BCUT2D eigenvalue weighted by molar-refractivity contribution is 4.76. The fraction of sp³-hybridized carbons (Fsp3) is 1.00. The maximum atomic E-state index is 5.76. The van der Waals surface area contributed by atoms with Gasteiger partial charge in [-0.15, -0.1) is 0 Å². The molecule has 0 aliphatic carbocycles. The highest BCUT2D eigenvalue weighted by atomic mass is 15.1. The van der Waals surface area contributed by atoms with Crippen molar-refractivity contribution in [1.82, 2.24) is 4.90 Å². The van der Waals surface area contributed by atoms with Crippen LogP contribution in [0.4, 0.5) is 0 Å². The lowest BCUT2D eigenvalue weighted by Gasteiger charge is -2.23. The summed E-state index contributed by atoms with van der Waals surface area (Å²) in [6.07, 6.45) is 6.53. The molecule has 0 radical (unpaired) electrons. The summed E-state index contributed by atoms with van der Waals surface area (Å²) in [6.45, 7) is 10.7. The van der Waals surface area contributed by atoms with Crippen molar-refractivity contribution in [2.75, 3.05) is 19.6 Å². The predicted molar refractivity (Wildman–Crippen MR) is 67.0 cm³/mol. The standard InChI is InChI=1S/C13H28N2/c1-12(14)6-4-9-15-10-5-7-13(2,3)8-11-15/h12H,4-11,14H2,1-3H3. The van der Waals surface area contributed by atoms with Crippen LogP contribution in [0, 0.1) is 5.41 Å². The van der Waals surface area contributed by atoms with E-state index in [1.165, 1.54) is 51.7 Å². The van der Waals surface area contributed by atoms with Gasteiger partial charge in [0, 0.05) is 6.04 Å². The molecule has 90 valence electrons. The molecule has 0 aromatic rings. The molecule has 2 nitrogen and oxygen atoms in total. The fourth-order valence-corrected chi connectivity index (χ4v) is 2.34. The average molecular weight is 212 g/mol. The topological polar surface area (TPSA) is 29.3 Å². The van der Waals surface area contributed by atoms with Gasteiger partial charge in [0.15, 0.2) is 0 Å². The zero-order chi connectivity index (χ0) is 11.3. The maximum Gasteiger partial charge on any atom is 0.00109 e. The predicted octanol–water partition coefficient (Wildman–Crippen LogP) is 2.63. The third kappa shape index (κ3) is 5.53. The van der Waals surface area contributed by atoms with Gasteiger partial charge < -0.3 is 10.6 Å². The van der Waals surface area contributed by atoms with Crippen LogP contribution in [0.25, 0.3) is 0 Å². The summed E-state index contributed by atoms with van der Waals surface area (Å²) in [5.41, 5.74) is 6.33. The van der Waals surface area contributed by atoms with Crippen LogP contribution in [0.15, 0.2) is 0 Å². The van der Waals surface area contributed by atoms with E-state index in [4.69, 9.17) is 5.73 Å². The van der Waals surface area contributed by atoms with E-state index in [0.29, 0.717) is 11.5 Å². The van der Waals surface area contributed by atoms with E-state index in [0.717, 1.165) is 0 Å². The molecule has 0 aromatic carbocycles. The zero-order valence-electron chi connectivity index (χ0n) is 10.8. The molecule has 2 N–H and O–H groups in total. The van der Waals surface area contributed by atoms with Crippen molar-refractivity contribution in [3.63, 3.8) is 0 Å². The van der Waals surface area contributed by atoms with Gasteiger partial charge in [0.25, 0.3) is 0 Å². The van der Waals surface area contributed by atoms with Gasteiger partial charge in [-0.2, -0.15) is 0 Å². The number of rotatable bonds is 4. The summed E-state index contributed by atoms with van der Waals surface area (Å²) < 4.78 is 0. The number of likely N-dealkylation sites (tertiary alicyclic amines) is 1. The van der Waals surface area contributed by atoms with Gasteiger partial charge in [0.05, 0.1) is 0 Å². The molecule has 1 rings (SSSR count). The normalized spacial score (nSPS) is 24.8. The molecule has 1 saturated heterocycles. The van der Waals surface area contributed by atoms with E-state index in [1.54, 1.807) is 0 Å². The molecule has 0 aromatic heterocycles. The first kappa shape index (κ1) is 13.0. The summed E-state index contributed by atoms with van der Waals surface area (Å²) in [4.78, 5) is 2.62. The van der Waals surface area contributed by atoms with Crippen LogP contribution in [0.2, 0.25) is 0 Å². The van der Waals surface area contributed by atoms with E-state index < -0.39 is 0 Å². The number of nitrogens with zero attached hydrogens (tertiary/aromatic N) is 1. The molecule has 0 saturated carbocycles. The van der Waals surface area contributed by atoms with Gasteiger partial charge in [-0.3, -0.25) is 0 Å². The molecule has 0 amide bonds. The zero-order valence-corrected chi connectivity index (χ0v) is 10.8. The Balaban J connectivity index is 2.20. The first-order valence-corrected chi connectivity index (χ1v) is 6.47. The smallest absolute Gasteiger partial charge is 0.00109 e. The van der Waals surface area contributed by atoms with Gasteiger partial charge in [-0.05, 0) is 64.1 Å². The highest BCUT2D eigenvalue weighted by Crippen LogP contribution is 2.29. The lowest BCUT2D eigenvalue weighted by Crippen LogP contribution is -2.28. The first-order valence-electron chi connectivity index (χ1n) is 6.47. The molecular formula is C13H28N2.